The van der Waals surface area contributed by atoms with Crippen LogP contribution in [0.4, 0.5) is 23.1 Å². The minimum absolute atomic E-state index is 0.00106. The highest BCUT2D eigenvalue weighted by Gasteiger charge is 2.23. The first-order chi connectivity index (χ1) is 20.2. The lowest BCUT2D eigenvalue weighted by molar-refractivity contribution is -0.140. The number of esters is 1. The highest BCUT2D eigenvalue weighted by atomic mass is 16.5. The van der Waals surface area contributed by atoms with Crippen molar-refractivity contribution in [3.63, 3.8) is 0 Å². The van der Waals surface area contributed by atoms with Crippen molar-refractivity contribution < 1.29 is 24.2 Å². The summed E-state index contributed by atoms with van der Waals surface area (Å²) >= 11 is 0. The summed E-state index contributed by atoms with van der Waals surface area (Å²) in [6.07, 6.45) is -0.412. The molecule has 2 aromatic heterocycles. The molecule has 14 heteroatoms. The number of aromatic nitrogens is 3. The van der Waals surface area contributed by atoms with E-state index in [0.717, 1.165) is 5.39 Å². The lowest BCUT2D eigenvalue weighted by Gasteiger charge is -2.17. The molecule has 0 saturated carbocycles. The van der Waals surface area contributed by atoms with Gasteiger partial charge in [0.15, 0.2) is 11.5 Å². The second kappa shape index (κ2) is 12.2. The number of carboxylic acid groups (broad SMARTS) is 1. The van der Waals surface area contributed by atoms with Gasteiger partial charge in [0.1, 0.15) is 6.04 Å². The molecule has 7 N–H and O–H groups in total. The number of carbonyl (C=O) groups excluding carboxylic acids is 2. The number of amides is 1. The number of H-pyrrole nitrogens is 1. The van der Waals surface area contributed by atoms with Crippen LogP contribution in [0.1, 0.15) is 23.2 Å². The zero-order chi connectivity index (χ0) is 29.6. The van der Waals surface area contributed by atoms with Crippen LogP contribution in [-0.4, -0.2) is 62.7 Å². The first kappa shape index (κ1) is 27.8. The fourth-order valence-electron chi connectivity index (χ4n) is 4.17. The van der Waals surface area contributed by atoms with Crippen LogP contribution in [-0.2, 0) is 9.59 Å². The third-order valence-corrected chi connectivity index (χ3v) is 6.32. The summed E-state index contributed by atoms with van der Waals surface area (Å²) in [4.78, 5) is 63.9. The van der Waals surface area contributed by atoms with E-state index in [1.165, 1.54) is 12.1 Å². The van der Waals surface area contributed by atoms with Gasteiger partial charge < -0.3 is 31.5 Å². The number of ether oxygens (including phenoxy) is 1. The molecular formula is C28H26N8O6. The molecule has 0 fully saturated rings. The number of para-hydroxylation sites is 1. The third-order valence-electron chi connectivity index (χ3n) is 6.32. The van der Waals surface area contributed by atoms with Crippen LogP contribution < -0.4 is 32.0 Å². The smallest absolute Gasteiger partial charge is 0.326 e. The Morgan fingerprint density at radius 1 is 1.05 bits per heavy atom. The molecule has 1 aliphatic heterocycles. The van der Waals surface area contributed by atoms with Crippen molar-refractivity contribution in [1.82, 2.24) is 20.3 Å². The number of rotatable bonds is 10. The number of nitrogen functional groups attached to an aromatic ring is 1. The van der Waals surface area contributed by atoms with Gasteiger partial charge in [0.25, 0.3) is 11.5 Å². The average Bonchev–Trinajstić information content (AvgIpc) is 2.98. The predicted molar refractivity (Wildman–Crippen MR) is 155 cm³/mol. The summed E-state index contributed by atoms with van der Waals surface area (Å²) in [5.74, 6) is -2.14. The van der Waals surface area contributed by atoms with Crippen LogP contribution in [0.15, 0.2) is 70.5 Å². The minimum atomic E-state index is -1.31. The lowest BCUT2D eigenvalue weighted by atomic mass is 10.1. The molecule has 14 nitrogen and oxygen atoms in total. The molecule has 0 radical (unpaired) electrons. The Bertz CT molecular complexity index is 1750. The lowest BCUT2D eigenvalue weighted by Crippen LogP contribution is -2.41. The van der Waals surface area contributed by atoms with Crippen LogP contribution in [0.25, 0.3) is 10.9 Å². The molecule has 0 aliphatic carbocycles. The van der Waals surface area contributed by atoms with Crippen molar-refractivity contribution in [2.24, 2.45) is 4.99 Å². The molecule has 2 aromatic carbocycles. The number of pyridine rings is 1. The molecule has 0 spiro atoms. The Labute approximate surface area is 238 Å². The molecule has 1 aliphatic rings. The van der Waals surface area contributed by atoms with Crippen molar-refractivity contribution >= 4 is 57.6 Å². The second-order valence-corrected chi connectivity index (χ2v) is 9.33. The number of aliphatic carboxylic acids is 1. The van der Waals surface area contributed by atoms with Crippen LogP contribution in [0.5, 0.6) is 5.88 Å². The fourth-order valence-corrected chi connectivity index (χ4v) is 4.17. The van der Waals surface area contributed by atoms with E-state index in [4.69, 9.17) is 10.5 Å². The van der Waals surface area contributed by atoms with Gasteiger partial charge in [-0.1, -0.05) is 18.2 Å². The van der Waals surface area contributed by atoms with Crippen molar-refractivity contribution in [3.05, 3.63) is 76.6 Å². The number of aliphatic imine (C=N–C) groups is 1. The highest BCUT2D eigenvalue weighted by molar-refractivity contribution is 5.98. The van der Waals surface area contributed by atoms with Crippen LogP contribution >= 0.6 is 0 Å². The van der Waals surface area contributed by atoms with Crippen molar-refractivity contribution in [1.29, 1.82) is 0 Å². The number of carboxylic acids is 1. The molecule has 42 heavy (non-hydrogen) atoms. The van der Waals surface area contributed by atoms with E-state index in [0.29, 0.717) is 35.8 Å². The number of nitrogens with two attached hydrogens (primary N) is 1. The number of hydrogen-bond donors (Lipinski definition) is 6. The number of fused-ring (bicyclic) bond motifs is 2. The molecule has 0 bridgehead atoms. The molecule has 1 amide bonds. The first-order valence-corrected chi connectivity index (χ1v) is 12.9. The molecule has 1 atom stereocenters. The van der Waals surface area contributed by atoms with Crippen molar-refractivity contribution in [3.8, 4) is 5.88 Å². The summed E-state index contributed by atoms with van der Waals surface area (Å²) in [6, 6.07) is 15.7. The summed E-state index contributed by atoms with van der Waals surface area (Å²) in [7, 11) is 0. The van der Waals surface area contributed by atoms with E-state index < -0.39 is 29.4 Å². The summed E-state index contributed by atoms with van der Waals surface area (Å²) in [6.45, 7) is 0.674. The van der Waals surface area contributed by atoms with Crippen LogP contribution in [0, 0.1) is 0 Å². The maximum Gasteiger partial charge on any atom is 0.326 e. The molecule has 0 unspecified atom stereocenters. The Kier molecular flexibility index (Phi) is 8.04. The molecular weight excluding hydrogens is 544 g/mol. The fraction of sp³-hybridized carbons (Fsp3) is 0.179. The predicted octanol–water partition coefficient (Wildman–Crippen LogP) is 2.08. The van der Waals surface area contributed by atoms with Gasteiger partial charge >= 0.3 is 11.9 Å². The third kappa shape index (κ3) is 6.67. The van der Waals surface area contributed by atoms with Crippen LogP contribution in [0.3, 0.4) is 0 Å². The average molecular weight is 571 g/mol. The number of carbonyl (C=O) groups is 3. The van der Waals surface area contributed by atoms with E-state index in [2.05, 4.69) is 35.9 Å². The van der Waals surface area contributed by atoms with Gasteiger partial charge in [-0.15, -0.1) is 0 Å². The highest BCUT2D eigenvalue weighted by Crippen LogP contribution is 2.22. The topological polar surface area (TPSA) is 214 Å². The Balaban J connectivity index is 1.12. The standard InChI is InChI=1S/C28H26N8O6/c29-28-35-24-23(26(39)36-28)32-18(14-31-24)13-30-17-8-5-16(6-9-17)25(38)34-20(27(40)41)10-12-22(37)42-21-11-7-15-3-1-2-4-19(15)33-21/h1-9,11,20,30H,10,12-14H2,(H,34,38)(H,40,41)(H4,29,31,35,36,39)/t20-/m0/s1. The zero-order valence-electron chi connectivity index (χ0n) is 22.1. The number of anilines is 3. The van der Waals surface area contributed by atoms with E-state index in [1.807, 2.05) is 18.2 Å². The summed E-state index contributed by atoms with van der Waals surface area (Å²) < 4.78 is 5.25. The number of benzene rings is 2. The van der Waals surface area contributed by atoms with Gasteiger partial charge in [0, 0.05) is 29.1 Å². The maximum atomic E-state index is 12.7. The minimum Gasteiger partial charge on any atom is -0.480 e. The number of aromatic amines is 1. The van der Waals surface area contributed by atoms with E-state index >= 15 is 0 Å². The zero-order valence-corrected chi connectivity index (χ0v) is 22.1. The van der Waals surface area contributed by atoms with Gasteiger partial charge in [-0.05, 0) is 42.8 Å². The Morgan fingerprint density at radius 2 is 1.83 bits per heavy atom. The van der Waals surface area contributed by atoms with Gasteiger partial charge in [-0.25, -0.2) is 14.8 Å². The SMILES string of the molecule is Nc1nc2c(c(=O)[nH]1)N=C(CNc1ccc(C(=O)N[C@@H](CCC(=O)Oc3ccc4ccccc4n3)C(=O)O)cc1)CN2. The number of nitrogens with zero attached hydrogens (tertiary/aromatic N) is 3. The van der Waals surface area contributed by atoms with E-state index in [-0.39, 0.29) is 35.9 Å². The normalized spacial score (nSPS) is 12.8. The molecule has 5 rings (SSSR count). The Morgan fingerprint density at radius 3 is 2.62 bits per heavy atom. The summed E-state index contributed by atoms with van der Waals surface area (Å²) in [5, 5.41) is 19.1. The van der Waals surface area contributed by atoms with Gasteiger partial charge in [0.2, 0.25) is 11.8 Å². The van der Waals surface area contributed by atoms with Gasteiger partial charge in [0.05, 0.1) is 24.3 Å². The van der Waals surface area contributed by atoms with Gasteiger partial charge in [-0.2, -0.15) is 4.98 Å². The molecule has 214 valence electrons. The number of hydrogen-bond acceptors (Lipinski definition) is 11. The monoisotopic (exact) mass is 570 g/mol. The quantitative estimate of drug-likeness (QED) is 0.152. The van der Waals surface area contributed by atoms with E-state index in [1.54, 1.807) is 30.3 Å². The molecule has 4 aromatic rings. The Hall–Kier alpha value is -5.79. The largest absolute Gasteiger partial charge is 0.480 e. The second-order valence-electron chi connectivity index (χ2n) is 9.33. The maximum absolute atomic E-state index is 12.7. The van der Waals surface area contributed by atoms with Crippen molar-refractivity contribution in [2.75, 3.05) is 29.5 Å². The van der Waals surface area contributed by atoms with Gasteiger partial charge in [-0.3, -0.25) is 19.4 Å². The van der Waals surface area contributed by atoms with Crippen LogP contribution in [0.2, 0.25) is 0 Å². The molecule has 3 heterocycles. The molecule has 0 saturated heterocycles. The number of nitrogens with one attached hydrogen (secondary N) is 4. The summed E-state index contributed by atoms with van der Waals surface area (Å²) in [5.41, 5.74) is 7.46. The first-order valence-electron chi connectivity index (χ1n) is 12.9. The van der Waals surface area contributed by atoms with Crippen molar-refractivity contribution in [2.45, 2.75) is 18.9 Å². The van der Waals surface area contributed by atoms with E-state index in [9.17, 15) is 24.3 Å².